The molecule has 0 saturated carbocycles. The molecule has 0 saturated heterocycles. The average Bonchev–Trinajstić information content (AvgIpc) is 3.00. The number of rotatable bonds is 6. The van der Waals surface area contributed by atoms with Gasteiger partial charge in [0.25, 0.3) is 5.69 Å². The summed E-state index contributed by atoms with van der Waals surface area (Å²) in [4.78, 5) is 23.9. The normalized spacial score (nSPS) is 10.5. The maximum absolute atomic E-state index is 12.1. The zero-order chi connectivity index (χ0) is 16.1. The van der Waals surface area contributed by atoms with E-state index in [1.807, 2.05) is 6.07 Å². The Morgan fingerprint density at radius 3 is 2.82 bits per heavy atom. The molecule has 1 amide bonds. The van der Waals surface area contributed by atoms with Crippen LogP contribution in [0.5, 0.6) is 0 Å². The highest BCUT2D eigenvalue weighted by molar-refractivity contribution is 6.31. The Labute approximate surface area is 132 Å². The minimum absolute atomic E-state index is 0.0455. The van der Waals surface area contributed by atoms with Crippen molar-refractivity contribution in [2.75, 3.05) is 7.05 Å². The summed E-state index contributed by atoms with van der Waals surface area (Å²) in [6.07, 6.45) is 2.38. The monoisotopic (exact) mass is 322 g/mol. The van der Waals surface area contributed by atoms with Gasteiger partial charge in [0.1, 0.15) is 5.76 Å². The lowest BCUT2D eigenvalue weighted by atomic mass is 10.1. The Morgan fingerprint density at radius 2 is 2.18 bits per heavy atom. The fourth-order valence-corrected chi connectivity index (χ4v) is 2.19. The number of aryl methyl sites for hydroxylation is 1. The summed E-state index contributed by atoms with van der Waals surface area (Å²) in [5.41, 5.74) is 0.501. The van der Waals surface area contributed by atoms with Crippen molar-refractivity contribution in [1.29, 1.82) is 0 Å². The van der Waals surface area contributed by atoms with Gasteiger partial charge in [0.05, 0.1) is 11.2 Å². The number of nitro benzene ring substituents is 1. The van der Waals surface area contributed by atoms with Crippen LogP contribution < -0.4 is 0 Å². The van der Waals surface area contributed by atoms with Crippen molar-refractivity contribution in [3.05, 3.63) is 63.1 Å². The number of halogens is 1. The number of non-ortho nitro benzene ring substituents is 1. The Hall–Kier alpha value is -2.34. The maximum Gasteiger partial charge on any atom is 0.269 e. The number of amides is 1. The molecule has 1 heterocycles. The summed E-state index contributed by atoms with van der Waals surface area (Å²) >= 11 is 6.03. The quantitative estimate of drug-likeness (QED) is 0.603. The first-order chi connectivity index (χ1) is 10.5. The van der Waals surface area contributed by atoms with Crippen LogP contribution in [0.1, 0.15) is 17.7 Å². The van der Waals surface area contributed by atoms with Crippen LogP contribution in [0.25, 0.3) is 0 Å². The van der Waals surface area contributed by atoms with E-state index < -0.39 is 4.92 Å². The van der Waals surface area contributed by atoms with Crippen molar-refractivity contribution in [2.24, 2.45) is 0 Å². The first-order valence-electron chi connectivity index (χ1n) is 6.66. The molecule has 1 aromatic carbocycles. The van der Waals surface area contributed by atoms with Crippen molar-refractivity contribution >= 4 is 23.2 Å². The highest BCUT2D eigenvalue weighted by Crippen LogP contribution is 2.23. The molecular weight excluding hydrogens is 308 g/mol. The molecular formula is C15H15ClN2O4. The van der Waals surface area contributed by atoms with Crippen LogP contribution in [0.3, 0.4) is 0 Å². The number of hydrogen-bond donors (Lipinski definition) is 0. The van der Waals surface area contributed by atoms with Crippen LogP contribution >= 0.6 is 11.6 Å². The van der Waals surface area contributed by atoms with E-state index in [1.165, 1.54) is 23.1 Å². The molecule has 0 radical (unpaired) electrons. The number of carbonyl (C=O) groups excluding carboxylic acids is 1. The third-order valence-corrected chi connectivity index (χ3v) is 3.61. The van der Waals surface area contributed by atoms with Gasteiger partial charge in [-0.25, -0.2) is 0 Å². The molecule has 0 atom stereocenters. The zero-order valence-electron chi connectivity index (χ0n) is 12.0. The Morgan fingerprint density at radius 1 is 1.41 bits per heavy atom. The Balaban J connectivity index is 1.98. The second-order valence-electron chi connectivity index (χ2n) is 4.86. The van der Waals surface area contributed by atoms with Crippen LogP contribution in [0.15, 0.2) is 41.0 Å². The number of furan rings is 1. The van der Waals surface area contributed by atoms with Crippen molar-refractivity contribution in [3.63, 3.8) is 0 Å². The molecule has 2 rings (SSSR count). The topological polar surface area (TPSA) is 76.6 Å². The second kappa shape index (κ2) is 7.09. The third kappa shape index (κ3) is 4.08. The lowest BCUT2D eigenvalue weighted by Crippen LogP contribution is -2.26. The SMILES string of the molecule is CN(Cc1cc([N+](=O)[O-])ccc1Cl)C(=O)CCc1ccco1. The summed E-state index contributed by atoms with van der Waals surface area (Å²) in [6, 6.07) is 7.77. The van der Waals surface area contributed by atoms with Gasteiger partial charge < -0.3 is 9.32 Å². The lowest BCUT2D eigenvalue weighted by molar-refractivity contribution is -0.384. The smallest absolute Gasteiger partial charge is 0.269 e. The molecule has 0 bridgehead atoms. The molecule has 0 spiro atoms. The maximum atomic E-state index is 12.1. The van der Waals surface area contributed by atoms with Crippen molar-refractivity contribution in [1.82, 2.24) is 4.90 Å². The first-order valence-corrected chi connectivity index (χ1v) is 7.04. The van der Waals surface area contributed by atoms with E-state index in [-0.39, 0.29) is 18.1 Å². The number of hydrogen-bond acceptors (Lipinski definition) is 4. The van der Waals surface area contributed by atoms with Gasteiger partial charge in [-0.2, -0.15) is 0 Å². The summed E-state index contributed by atoms with van der Waals surface area (Å²) in [5.74, 6) is 0.661. The average molecular weight is 323 g/mol. The number of carbonyl (C=O) groups is 1. The Kier molecular flexibility index (Phi) is 5.16. The molecule has 6 nitrogen and oxygen atoms in total. The molecule has 7 heteroatoms. The van der Waals surface area contributed by atoms with Crippen LogP contribution in [-0.4, -0.2) is 22.8 Å². The molecule has 1 aromatic heterocycles. The summed E-state index contributed by atoms with van der Waals surface area (Å²) < 4.78 is 5.18. The van der Waals surface area contributed by atoms with Crippen molar-refractivity contribution in [2.45, 2.75) is 19.4 Å². The van der Waals surface area contributed by atoms with Gasteiger partial charge in [-0.15, -0.1) is 0 Å². The molecule has 22 heavy (non-hydrogen) atoms. The van der Waals surface area contributed by atoms with Gasteiger partial charge in [0.2, 0.25) is 5.91 Å². The van der Waals surface area contributed by atoms with Crippen molar-refractivity contribution in [3.8, 4) is 0 Å². The molecule has 2 aromatic rings. The summed E-state index contributed by atoms with van der Waals surface area (Å²) in [7, 11) is 1.64. The van der Waals surface area contributed by atoms with E-state index in [0.717, 1.165) is 5.76 Å². The third-order valence-electron chi connectivity index (χ3n) is 3.24. The van der Waals surface area contributed by atoms with E-state index in [4.69, 9.17) is 16.0 Å². The molecule has 0 aliphatic carbocycles. The highest BCUT2D eigenvalue weighted by Gasteiger charge is 2.15. The van der Waals surface area contributed by atoms with Gasteiger partial charge in [-0.1, -0.05) is 11.6 Å². The minimum Gasteiger partial charge on any atom is -0.469 e. The van der Waals surface area contributed by atoms with Crippen molar-refractivity contribution < 1.29 is 14.1 Å². The molecule has 0 fully saturated rings. The van der Waals surface area contributed by atoms with Crippen LogP contribution in [0.4, 0.5) is 5.69 Å². The van der Waals surface area contributed by atoms with E-state index in [0.29, 0.717) is 23.4 Å². The van der Waals surface area contributed by atoms with E-state index >= 15 is 0 Å². The fourth-order valence-electron chi connectivity index (χ4n) is 2.02. The van der Waals surface area contributed by atoms with Gasteiger partial charge in [-0.3, -0.25) is 14.9 Å². The highest BCUT2D eigenvalue weighted by atomic mass is 35.5. The molecule has 0 N–H and O–H groups in total. The molecule has 0 unspecified atom stereocenters. The van der Waals surface area contributed by atoms with Gasteiger partial charge in [0.15, 0.2) is 0 Å². The number of nitrogens with zero attached hydrogens (tertiary/aromatic N) is 2. The standard InChI is InChI=1S/C15H15ClN2O4/c1-17(15(19)7-5-13-3-2-8-22-13)10-11-9-12(18(20)21)4-6-14(11)16/h2-4,6,8-9H,5,7,10H2,1H3. The largest absolute Gasteiger partial charge is 0.469 e. The van der Waals surface area contributed by atoms with E-state index in [2.05, 4.69) is 0 Å². The van der Waals surface area contributed by atoms with Crippen LogP contribution in [-0.2, 0) is 17.8 Å². The van der Waals surface area contributed by atoms with Gasteiger partial charge >= 0.3 is 0 Å². The number of nitro groups is 1. The van der Waals surface area contributed by atoms with E-state index in [1.54, 1.807) is 19.4 Å². The van der Waals surface area contributed by atoms with E-state index in [9.17, 15) is 14.9 Å². The minimum atomic E-state index is -0.488. The Bertz CT molecular complexity index is 670. The molecule has 116 valence electrons. The van der Waals surface area contributed by atoms with Crippen LogP contribution in [0, 0.1) is 10.1 Å². The summed E-state index contributed by atoms with van der Waals surface area (Å²) in [6.45, 7) is 0.220. The van der Waals surface area contributed by atoms with Gasteiger partial charge in [-0.05, 0) is 23.8 Å². The second-order valence-corrected chi connectivity index (χ2v) is 5.27. The number of benzene rings is 1. The molecule has 0 aliphatic heterocycles. The predicted molar refractivity (Wildman–Crippen MR) is 81.6 cm³/mol. The zero-order valence-corrected chi connectivity index (χ0v) is 12.7. The lowest BCUT2D eigenvalue weighted by Gasteiger charge is -2.17. The predicted octanol–water partition coefficient (Wildman–Crippen LogP) is 3.43. The van der Waals surface area contributed by atoms with Crippen LogP contribution in [0.2, 0.25) is 5.02 Å². The molecule has 0 aliphatic rings. The van der Waals surface area contributed by atoms with Gasteiger partial charge in [0, 0.05) is 43.6 Å². The first kappa shape index (κ1) is 16.0. The fraction of sp³-hybridized carbons (Fsp3) is 0.267. The summed E-state index contributed by atoms with van der Waals surface area (Å²) in [5, 5.41) is 11.2.